The number of rotatable bonds is 5. The molecular formula is C15H17N5O5. The van der Waals surface area contributed by atoms with Crippen molar-refractivity contribution in [1.82, 2.24) is 19.6 Å². The molecule has 0 atom stereocenters. The fourth-order valence-corrected chi connectivity index (χ4v) is 2.66. The van der Waals surface area contributed by atoms with Crippen molar-refractivity contribution in [1.29, 1.82) is 0 Å². The van der Waals surface area contributed by atoms with Crippen molar-refractivity contribution in [2.45, 2.75) is 13.0 Å². The van der Waals surface area contributed by atoms with E-state index in [1.165, 1.54) is 23.2 Å². The zero-order chi connectivity index (χ0) is 17.8. The van der Waals surface area contributed by atoms with Gasteiger partial charge in [-0.05, 0) is 17.1 Å². The van der Waals surface area contributed by atoms with Crippen LogP contribution in [-0.4, -0.2) is 62.5 Å². The molecule has 2 amide bonds. The molecule has 0 N–H and O–H groups in total. The largest absolute Gasteiger partial charge is 0.459 e. The highest BCUT2D eigenvalue weighted by atomic mass is 16.6. The zero-order valence-electron chi connectivity index (χ0n) is 13.4. The Labute approximate surface area is 142 Å². The van der Waals surface area contributed by atoms with Gasteiger partial charge in [0.1, 0.15) is 0 Å². The molecule has 25 heavy (non-hydrogen) atoms. The van der Waals surface area contributed by atoms with Crippen molar-refractivity contribution in [2.75, 3.05) is 26.2 Å². The van der Waals surface area contributed by atoms with E-state index in [0.29, 0.717) is 31.9 Å². The SMILES string of the molecule is O=C(CCn1ccc([N+](=O)[O-])n1)N1CCN(C(=O)c2ccco2)CC1. The van der Waals surface area contributed by atoms with Crippen LogP contribution in [0, 0.1) is 10.1 Å². The maximum atomic E-state index is 12.2. The molecule has 0 radical (unpaired) electrons. The minimum Gasteiger partial charge on any atom is -0.459 e. The van der Waals surface area contributed by atoms with Gasteiger partial charge in [0.15, 0.2) is 5.76 Å². The van der Waals surface area contributed by atoms with E-state index in [9.17, 15) is 19.7 Å². The van der Waals surface area contributed by atoms with Crippen molar-refractivity contribution in [2.24, 2.45) is 0 Å². The van der Waals surface area contributed by atoms with Gasteiger partial charge in [-0.15, -0.1) is 0 Å². The second-order valence-corrected chi connectivity index (χ2v) is 5.59. The molecule has 10 nitrogen and oxygen atoms in total. The van der Waals surface area contributed by atoms with Crippen LogP contribution in [0.3, 0.4) is 0 Å². The lowest BCUT2D eigenvalue weighted by Crippen LogP contribution is -2.50. The first kappa shape index (κ1) is 16.7. The van der Waals surface area contributed by atoms with E-state index in [0.717, 1.165) is 0 Å². The number of nitro groups is 1. The summed E-state index contributed by atoms with van der Waals surface area (Å²) in [6.07, 6.45) is 3.13. The van der Waals surface area contributed by atoms with E-state index >= 15 is 0 Å². The molecule has 0 aliphatic carbocycles. The fourth-order valence-electron chi connectivity index (χ4n) is 2.66. The normalized spacial score (nSPS) is 14.6. The monoisotopic (exact) mass is 347 g/mol. The van der Waals surface area contributed by atoms with Crippen molar-refractivity contribution < 1.29 is 18.9 Å². The first-order chi connectivity index (χ1) is 12.0. The van der Waals surface area contributed by atoms with Crippen LogP contribution < -0.4 is 0 Å². The minimum absolute atomic E-state index is 0.0664. The molecule has 2 aromatic heterocycles. The third-order valence-electron chi connectivity index (χ3n) is 4.02. The second-order valence-electron chi connectivity index (χ2n) is 5.59. The average Bonchev–Trinajstić information content (AvgIpc) is 3.31. The maximum Gasteiger partial charge on any atom is 0.389 e. The van der Waals surface area contributed by atoms with Gasteiger partial charge in [-0.3, -0.25) is 9.59 Å². The lowest BCUT2D eigenvalue weighted by Gasteiger charge is -2.34. The Bertz CT molecular complexity index is 761. The van der Waals surface area contributed by atoms with Crippen molar-refractivity contribution in [3.05, 3.63) is 46.5 Å². The summed E-state index contributed by atoms with van der Waals surface area (Å²) in [5, 5.41) is 14.4. The van der Waals surface area contributed by atoms with Crippen molar-refractivity contribution in [3.8, 4) is 0 Å². The number of carbonyl (C=O) groups is 2. The number of hydrogen-bond acceptors (Lipinski definition) is 6. The quantitative estimate of drug-likeness (QED) is 0.582. The number of nitrogens with zero attached hydrogens (tertiary/aromatic N) is 5. The van der Waals surface area contributed by atoms with Crippen LogP contribution in [0.25, 0.3) is 0 Å². The van der Waals surface area contributed by atoms with Crippen LogP contribution in [-0.2, 0) is 11.3 Å². The van der Waals surface area contributed by atoms with E-state index in [-0.39, 0.29) is 30.6 Å². The highest BCUT2D eigenvalue weighted by Crippen LogP contribution is 2.11. The van der Waals surface area contributed by atoms with Gasteiger partial charge in [-0.1, -0.05) is 0 Å². The van der Waals surface area contributed by atoms with Gasteiger partial charge < -0.3 is 24.3 Å². The summed E-state index contributed by atoms with van der Waals surface area (Å²) >= 11 is 0. The topological polar surface area (TPSA) is 115 Å². The summed E-state index contributed by atoms with van der Waals surface area (Å²) in [5.41, 5.74) is 0. The number of hydrogen-bond donors (Lipinski definition) is 0. The van der Waals surface area contributed by atoms with E-state index in [1.807, 2.05) is 0 Å². The van der Waals surface area contributed by atoms with E-state index in [4.69, 9.17) is 4.42 Å². The Morgan fingerprint density at radius 2 is 1.92 bits per heavy atom. The van der Waals surface area contributed by atoms with Crippen molar-refractivity contribution >= 4 is 17.6 Å². The number of aromatic nitrogens is 2. The van der Waals surface area contributed by atoms with Gasteiger partial charge >= 0.3 is 5.82 Å². The van der Waals surface area contributed by atoms with Gasteiger partial charge in [0.25, 0.3) is 5.91 Å². The van der Waals surface area contributed by atoms with Gasteiger partial charge in [0, 0.05) is 32.6 Å². The predicted molar refractivity (Wildman–Crippen MR) is 84.7 cm³/mol. The lowest BCUT2D eigenvalue weighted by molar-refractivity contribution is -0.389. The fraction of sp³-hybridized carbons (Fsp3) is 0.400. The molecular weight excluding hydrogens is 330 g/mol. The summed E-state index contributed by atoms with van der Waals surface area (Å²) in [4.78, 5) is 37.8. The van der Waals surface area contributed by atoms with Crippen LogP contribution in [0.2, 0.25) is 0 Å². The molecule has 0 unspecified atom stereocenters. The number of piperazine rings is 1. The number of carbonyl (C=O) groups excluding carboxylic acids is 2. The summed E-state index contributed by atoms with van der Waals surface area (Å²) in [7, 11) is 0. The Morgan fingerprint density at radius 3 is 2.52 bits per heavy atom. The molecule has 1 aliphatic rings. The first-order valence-electron chi connectivity index (χ1n) is 7.83. The van der Waals surface area contributed by atoms with Gasteiger partial charge in [-0.25, -0.2) is 0 Å². The number of furan rings is 1. The van der Waals surface area contributed by atoms with Crippen LogP contribution in [0.5, 0.6) is 0 Å². The summed E-state index contributed by atoms with van der Waals surface area (Å²) in [5.74, 6) is -0.193. The molecule has 2 aromatic rings. The van der Waals surface area contributed by atoms with Gasteiger partial charge in [-0.2, -0.15) is 4.68 Å². The summed E-state index contributed by atoms with van der Waals surface area (Å²) < 4.78 is 6.48. The molecule has 0 bridgehead atoms. The Kier molecular flexibility index (Phi) is 4.78. The molecule has 132 valence electrons. The molecule has 3 heterocycles. The molecule has 0 saturated carbocycles. The van der Waals surface area contributed by atoms with E-state index < -0.39 is 4.92 Å². The number of amides is 2. The second kappa shape index (κ2) is 7.16. The van der Waals surface area contributed by atoms with Crippen LogP contribution >= 0.6 is 0 Å². The molecule has 1 fully saturated rings. The average molecular weight is 347 g/mol. The first-order valence-corrected chi connectivity index (χ1v) is 7.83. The van der Waals surface area contributed by atoms with Crippen molar-refractivity contribution in [3.63, 3.8) is 0 Å². The molecule has 10 heteroatoms. The molecule has 0 spiro atoms. The van der Waals surface area contributed by atoms with Crippen LogP contribution in [0.15, 0.2) is 35.1 Å². The Balaban J connectivity index is 1.46. The molecule has 1 aliphatic heterocycles. The molecule has 3 rings (SSSR count). The predicted octanol–water partition coefficient (Wildman–Crippen LogP) is 0.759. The third kappa shape index (κ3) is 3.84. The Hall–Kier alpha value is -3.17. The summed E-state index contributed by atoms with van der Waals surface area (Å²) in [6.45, 7) is 2.06. The molecule has 0 aromatic carbocycles. The smallest absolute Gasteiger partial charge is 0.389 e. The number of aryl methyl sites for hydroxylation is 1. The van der Waals surface area contributed by atoms with E-state index in [2.05, 4.69) is 5.10 Å². The van der Waals surface area contributed by atoms with E-state index in [1.54, 1.807) is 21.9 Å². The highest BCUT2D eigenvalue weighted by molar-refractivity contribution is 5.91. The van der Waals surface area contributed by atoms with Crippen LogP contribution in [0.4, 0.5) is 5.82 Å². The van der Waals surface area contributed by atoms with Crippen LogP contribution in [0.1, 0.15) is 17.0 Å². The van der Waals surface area contributed by atoms with Gasteiger partial charge in [0.05, 0.1) is 30.2 Å². The van der Waals surface area contributed by atoms with Gasteiger partial charge in [0.2, 0.25) is 5.91 Å². The third-order valence-corrected chi connectivity index (χ3v) is 4.02. The molecule has 1 saturated heterocycles. The standard InChI is InChI=1S/C15H17N5O5/c21-14(4-6-19-5-3-13(16-19)20(23)24)17-7-9-18(10-8-17)15(22)12-2-1-11-25-12/h1-3,5,11H,4,6-10H2. The Morgan fingerprint density at radius 1 is 1.20 bits per heavy atom. The minimum atomic E-state index is -0.576. The zero-order valence-corrected chi connectivity index (χ0v) is 13.4. The highest BCUT2D eigenvalue weighted by Gasteiger charge is 2.26. The maximum absolute atomic E-state index is 12.2. The summed E-state index contributed by atoms with van der Waals surface area (Å²) in [6, 6.07) is 4.57. The lowest BCUT2D eigenvalue weighted by atomic mass is 10.2.